The van der Waals surface area contributed by atoms with Gasteiger partial charge in [0, 0.05) is 44.7 Å². The summed E-state index contributed by atoms with van der Waals surface area (Å²) in [6, 6.07) is 2.91. The van der Waals surface area contributed by atoms with Crippen LogP contribution in [0.4, 0.5) is 0 Å². The fraction of sp³-hybridized carbons (Fsp3) is 0.800. The molecule has 0 radical (unpaired) electrons. The Kier molecular flexibility index (Phi) is 9.35. The van der Waals surface area contributed by atoms with Gasteiger partial charge in [0.2, 0.25) is 0 Å². The fourth-order valence-corrected chi connectivity index (χ4v) is 3.52. The third-order valence-electron chi connectivity index (χ3n) is 5.58. The highest BCUT2D eigenvalue weighted by Crippen LogP contribution is 2.34. The van der Waals surface area contributed by atoms with Gasteiger partial charge in [0.05, 0.1) is 12.2 Å². The van der Waals surface area contributed by atoms with E-state index in [0.29, 0.717) is 12.5 Å². The van der Waals surface area contributed by atoms with Crippen molar-refractivity contribution >= 4 is 29.9 Å². The maximum atomic E-state index is 5.47. The van der Waals surface area contributed by atoms with Crippen LogP contribution in [0.15, 0.2) is 15.6 Å². The lowest BCUT2D eigenvalue weighted by Gasteiger charge is -2.22. The molecular weight excluding hydrogens is 453 g/mol. The number of rotatable bonds is 11. The summed E-state index contributed by atoms with van der Waals surface area (Å²) in [5.74, 6) is 3.14. The van der Waals surface area contributed by atoms with E-state index in [0.717, 1.165) is 55.3 Å². The summed E-state index contributed by atoms with van der Waals surface area (Å²) in [5, 5.41) is 11.0. The van der Waals surface area contributed by atoms with Crippen molar-refractivity contribution in [1.29, 1.82) is 0 Å². The number of aliphatic imine (C=N–C) groups is 1. The summed E-state index contributed by atoms with van der Waals surface area (Å²) in [4.78, 5) is 6.98. The molecule has 0 amide bonds. The van der Waals surface area contributed by atoms with Gasteiger partial charge in [0.15, 0.2) is 11.7 Å². The molecule has 2 fully saturated rings. The van der Waals surface area contributed by atoms with Crippen LogP contribution < -0.4 is 10.6 Å². The van der Waals surface area contributed by atoms with E-state index in [9.17, 15) is 0 Å². The number of hydrogen-bond acceptors (Lipinski definition) is 4. The second kappa shape index (κ2) is 11.2. The molecule has 27 heavy (non-hydrogen) atoms. The number of nitrogens with one attached hydrogen (secondary N) is 2. The molecule has 0 spiro atoms. The normalized spacial score (nSPS) is 17.3. The minimum absolute atomic E-state index is 0. The van der Waals surface area contributed by atoms with Gasteiger partial charge in [-0.1, -0.05) is 19.0 Å². The van der Waals surface area contributed by atoms with Crippen LogP contribution in [0.2, 0.25) is 0 Å². The van der Waals surface area contributed by atoms with Crippen LogP contribution >= 0.6 is 24.0 Å². The van der Waals surface area contributed by atoms with Crippen molar-refractivity contribution in [2.24, 2.45) is 10.9 Å². The molecule has 0 unspecified atom stereocenters. The second-order valence-electron chi connectivity index (χ2n) is 7.75. The van der Waals surface area contributed by atoms with Gasteiger partial charge in [-0.2, -0.15) is 0 Å². The Morgan fingerprint density at radius 1 is 1.26 bits per heavy atom. The smallest absolute Gasteiger partial charge is 0.191 e. The summed E-state index contributed by atoms with van der Waals surface area (Å²) in [7, 11) is 1.81. The number of nitrogens with zero attached hydrogens (tertiary/aromatic N) is 3. The Balaban J connectivity index is 0.00000261. The molecular formula is C20H36IN5O. The lowest BCUT2D eigenvalue weighted by atomic mass is 9.99. The molecule has 2 N–H and O–H groups in total. The molecule has 0 aliphatic heterocycles. The molecule has 1 aromatic rings. The molecule has 154 valence electrons. The van der Waals surface area contributed by atoms with E-state index in [2.05, 4.69) is 45.6 Å². The van der Waals surface area contributed by atoms with Gasteiger partial charge in [-0.3, -0.25) is 9.89 Å². The Morgan fingerprint density at radius 2 is 2.00 bits per heavy atom. The second-order valence-corrected chi connectivity index (χ2v) is 7.75. The largest absolute Gasteiger partial charge is 0.359 e. The molecule has 0 bridgehead atoms. The van der Waals surface area contributed by atoms with Crippen molar-refractivity contribution in [2.75, 3.05) is 26.7 Å². The summed E-state index contributed by atoms with van der Waals surface area (Å²) in [6.07, 6.45) is 7.80. The number of guanidine groups is 1. The monoisotopic (exact) mass is 489 g/mol. The predicted octanol–water partition coefficient (Wildman–Crippen LogP) is 3.74. The van der Waals surface area contributed by atoms with Crippen molar-refractivity contribution in [3.8, 4) is 0 Å². The van der Waals surface area contributed by atoms with E-state index in [4.69, 9.17) is 4.52 Å². The zero-order chi connectivity index (χ0) is 18.4. The van der Waals surface area contributed by atoms with Gasteiger partial charge in [-0.15, -0.1) is 24.0 Å². The van der Waals surface area contributed by atoms with E-state index in [1.165, 1.54) is 32.2 Å². The number of hydrogen-bond donors (Lipinski definition) is 2. The molecule has 7 heteroatoms. The molecule has 0 saturated heterocycles. The van der Waals surface area contributed by atoms with E-state index < -0.39 is 0 Å². The van der Waals surface area contributed by atoms with Crippen LogP contribution in [-0.2, 0) is 6.54 Å². The van der Waals surface area contributed by atoms with E-state index in [1.54, 1.807) is 0 Å². The summed E-state index contributed by atoms with van der Waals surface area (Å²) < 4.78 is 5.47. The summed E-state index contributed by atoms with van der Waals surface area (Å²) in [6.45, 7) is 8.32. The summed E-state index contributed by atoms with van der Waals surface area (Å²) >= 11 is 0. The predicted molar refractivity (Wildman–Crippen MR) is 121 cm³/mol. The molecule has 1 heterocycles. The fourth-order valence-electron chi connectivity index (χ4n) is 3.52. The van der Waals surface area contributed by atoms with Crippen LogP contribution in [0, 0.1) is 5.92 Å². The standard InChI is InChI=1S/C20H35N5O.HI/c1-4-16(5-2)19-12-18(26-24-19)13-23-20(21-3)22-10-11-25(17-8-9-17)14-15-6-7-15;/h12,15-17H,4-11,13-14H2,1-3H3,(H2,21,22,23);1H. The Morgan fingerprint density at radius 3 is 2.59 bits per heavy atom. The first kappa shape index (κ1) is 22.5. The van der Waals surface area contributed by atoms with Crippen molar-refractivity contribution in [1.82, 2.24) is 20.7 Å². The quantitative estimate of drug-likeness (QED) is 0.282. The van der Waals surface area contributed by atoms with Crippen LogP contribution in [-0.4, -0.2) is 48.7 Å². The van der Waals surface area contributed by atoms with E-state index >= 15 is 0 Å². The van der Waals surface area contributed by atoms with Crippen LogP contribution in [0.3, 0.4) is 0 Å². The Bertz CT molecular complexity index is 579. The minimum Gasteiger partial charge on any atom is -0.359 e. The SMILES string of the molecule is CCC(CC)c1cc(CNC(=NC)NCCN(CC2CC2)C2CC2)on1.I. The van der Waals surface area contributed by atoms with Crippen molar-refractivity contribution in [3.63, 3.8) is 0 Å². The molecule has 1 aromatic heterocycles. The molecule has 2 aliphatic carbocycles. The average molecular weight is 489 g/mol. The molecule has 2 saturated carbocycles. The maximum Gasteiger partial charge on any atom is 0.191 e. The molecule has 2 aliphatic rings. The first-order valence-corrected chi connectivity index (χ1v) is 10.4. The van der Waals surface area contributed by atoms with Crippen molar-refractivity contribution in [3.05, 3.63) is 17.5 Å². The zero-order valence-electron chi connectivity index (χ0n) is 17.0. The first-order chi connectivity index (χ1) is 12.7. The minimum atomic E-state index is 0. The van der Waals surface area contributed by atoms with Crippen molar-refractivity contribution in [2.45, 2.75) is 70.9 Å². The van der Waals surface area contributed by atoms with Gasteiger partial charge >= 0.3 is 0 Å². The number of halogens is 1. The molecule has 3 rings (SSSR count). The van der Waals surface area contributed by atoms with Gasteiger partial charge < -0.3 is 15.2 Å². The highest BCUT2D eigenvalue weighted by molar-refractivity contribution is 14.0. The third-order valence-corrected chi connectivity index (χ3v) is 5.58. The van der Waals surface area contributed by atoms with Gasteiger partial charge in [0.1, 0.15) is 0 Å². The topological polar surface area (TPSA) is 65.7 Å². The van der Waals surface area contributed by atoms with Crippen LogP contribution in [0.5, 0.6) is 0 Å². The average Bonchev–Trinajstić information content (AvgIpc) is 3.57. The zero-order valence-corrected chi connectivity index (χ0v) is 19.4. The van der Waals surface area contributed by atoms with E-state index in [1.807, 2.05) is 7.05 Å². The first-order valence-electron chi connectivity index (χ1n) is 10.4. The Hall–Kier alpha value is -0.830. The van der Waals surface area contributed by atoms with Gasteiger partial charge in [-0.25, -0.2) is 0 Å². The van der Waals surface area contributed by atoms with Crippen molar-refractivity contribution < 1.29 is 4.52 Å². The third kappa shape index (κ3) is 7.25. The van der Waals surface area contributed by atoms with Gasteiger partial charge in [-0.05, 0) is 44.4 Å². The molecule has 0 atom stereocenters. The van der Waals surface area contributed by atoms with Gasteiger partial charge in [0.25, 0.3) is 0 Å². The number of aromatic nitrogens is 1. The summed E-state index contributed by atoms with van der Waals surface area (Å²) in [5.41, 5.74) is 1.06. The molecule has 6 nitrogen and oxygen atoms in total. The Labute approximate surface area is 180 Å². The van der Waals surface area contributed by atoms with E-state index in [-0.39, 0.29) is 24.0 Å². The highest BCUT2D eigenvalue weighted by Gasteiger charge is 2.33. The lowest BCUT2D eigenvalue weighted by Crippen LogP contribution is -2.42. The highest BCUT2D eigenvalue weighted by atomic mass is 127. The van der Waals surface area contributed by atoms with Crippen LogP contribution in [0.1, 0.15) is 69.7 Å². The maximum absolute atomic E-state index is 5.47. The van der Waals surface area contributed by atoms with Crippen LogP contribution in [0.25, 0.3) is 0 Å². The molecule has 0 aromatic carbocycles. The lowest BCUT2D eigenvalue weighted by molar-refractivity contribution is 0.256.